The number of alkyl carbamates (subject to hydrolysis) is 2. The predicted molar refractivity (Wildman–Crippen MR) is 251 cm³/mol. The van der Waals surface area contributed by atoms with Crippen LogP contribution in [0.5, 0.6) is 23.0 Å². The highest BCUT2D eigenvalue weighted by Crippen LogP contribution is 2.19. The third kappa shape index (κ3) is 24.5. The van der Waals surface area contributed by atoms with E-state index in [-0.39, 0.29) is 59.8 Å². The molecule has 0 saturated heterocycles. The zero-order chi connectivity index (χ0) is 53.5. The van der Waals surface area contributed by atoms with Gasteiger partial charge in [0, 0.05) is 12.8 Å². The number of hydrogen-bond donors (Lipinski definition) is 12. The maximum Gasteiger partial charge on any atom is 0.408 e. The van der Waals surface area contributed by atoms with Crippen LogP contribution >= 0.6 is 0 Å². The molecule has 2 amide bonds. The first-order valence-electron chi connectivity index (χ1n) is 20.9. The molecule has 0 aliphatic heterocycles. The smallest absolute Gasteiger partial charge is 0.408 e. The van der Waals surface area contributed by atoms with Gasteiger partial charge in [-0.25, -0.2) is 19.2 Å². The molecule has 4 atom stereocenters. The van der Waals surface area contributed by atoms with Crippen LogP contribution in [0, 0.1) is 0 Å². The second-order valence-electron chi connectivity index (χ2n) is 17.1. The Kier molecular flexibility index (Phi) is 24.1. The molecule has 0 spiro atoms. The van der Waals surface area contributed by atoms with E-state index in [0.29, 0.717) is 29.3 Å². The monoisotopic (exact) mass is 980 g/mol. The van der Waals surface area contributed by atoms with E-state index in [4.69, 9.17) is 46.5 Å². The molecule has 70 heavy (non-hydrogen) atoms. The molecule has 0 heterocycles. The number of aliphatic carboxylic acids is 4. The predicted octanol–water partition coefficient (Wildman–Crippen LogP) is 4.14. The summed E-state index contributed by atoms with van der Waals surface area (Å²) < 4.78 is 10.0. The van der Waals surface area contributed by atoms with E-state index in [2.05, 4.69) is 10.6 Å². The largest absolute Gasteiger partial charge is 0.508 e. The van der Waals surface area contributed by atoms with Crippen LogP contribution in [0.15, 0.2) is 84.9 Å². The van der Waals surface area contributed by atoms with Crippen molar-refractivity contribution >= 4 is 48.6 Å². The number of carbonyl (C=O) groups excluding carboxylic acids is 4. The molecule has 0 bridgehead atoms. The summed E-state index contributed by atoms with van der Waals surface area (Å²) in [5, 5.41) is 76.7. The van der Waals surface area contributed by atoms with Crippen molar-refractivity contribution in [2.24, 2.45) is 11.5 Å². The van der Waals surface area contributed by atoms with Crippen molar-refractivity contribution in [1.82, 2.24) is 10.6 Å². The number of carbonyl (C=O) groups is 8. The highest BCUT2D eigenvalue weighted by atomic mass is 16.6. The highest BCUT2D eigenvalue weighted by Gasteiger charge is 2.26. The lowest BCUT2D eigenvalue weighted by Crippen LogP contribution is -2.44. The summed E-state index contributed by atoms with van der Waals surface area (Å²) in [5.41, 5.74) is 12.0. The van der Waals surface area contributed by atoms with E-state index in [9.17, 15) is 53.7 Å². The standard InChI is InChI=1S/C15H19NO6.C14H19NO5.C10H11NO4.C9H11NO3/c1-15(2,3)22-14(21)16-11(13(19)20)7-9-4-5-12(18)10(6-9)8-17;1-14(2,3)20-13(19)15-11(12(17)18)8-9-4-6-10(16)7-5-9;11-8(10(14)15)4-6-1-2-9(13)7(3-6)5-12;10-8(9(12)13)5-6-1-3-7(11)4-2-6/h4-6,8,11,18H,7H2,1-3H3,(H,16,21)(H,19,20);4-7,11,16H,8H2,1-3H3,(H,15,19)(H,17,18);1-3,5,8,13H,4,11H2,(H,14,15);1-4,8,11H,5,10H2,(H,12,13)/t2*11-;2*8-/m0000/s1. The van der Waals surface area contributed by atoms with Crippen LogP contribution in [0.1, 0.15) is 84.5 Å². The van der Waals surface area contributed by atoms with Crippen molar-refractivity contribution in [3.8, 4) is 23.0 Å². The molecular weight excluding hydrogens is 921 g/mol. The molecule has 0 aromatic heterocycles. The number of carboxylic acids is 4. The average molecular weight is 981 g/mol. The van der Waals surface area contributed by atoms with Gasteiger partial charge in [-0.15, -0.1) is 0 Å². The van der Waals surface area contributed by atoms with Gasteiger partial charge in [-0.05, 0) is 125 Å². The highest BCUT2D eigenvalue weighted by molar-refractivity contribution is 5.82. The molecule has 22 nitrogen and oxygen atoms in total. The zero-order valence-corrected chi connectivity index (χ0v) is 39.2. The minimum atomic E-state index is -1.23. The van der Waals surface area contributed by atoms with Gasteiger partial charge in [-0.3, -0.25) is 19.2 Å². The van der Waals surface area contributed by atoms with Gasteiger partial charge in [0.05, 0.1) is 11.1 Å². The van der Waals surface area contributed by atoms with Gasteiger partial charge in [0.15, 0.2) is 12.6 Å². The van der Waals surface area contributed by atoms with Crippen molar-refractivity contribution in [2.75, 3.05) is 0 Å². The van der Waals surface area contributed by atoms with E-state index >= 15 is 0 Å². The van der Waals surface area contributed by atoms with Crippen LogP contribution in [-0.4, -0.2) is 125 Å². The van der Waals surface area contributed by atoms with E-state index in [1.165, 1.54) is 60.7 Å². The molecule has 14 N–H and O–H groups in total. The Bertz CT molecular complexity index is 2390. The van der Waals surface area contributed by atoms with E-state index in [0.717, 1.165) is 5.56 Å². The summed E-state index contributed by atoms with van der Waals surface area (Å²) in [7, 11) is 0. The Morgan fingerprint density at radius 3 is 1.07 bits per heavy atom. The molecule has 0 saturated carbocycles. The van der Waals surface area contributed by atoms with Gasteiger partial charge in [-0.2, -0.15) is 0 Å². The summed E-state index contributed by atoms with van der Waals surface area (Å²) in [4.78, 5) is 87.8. The zero-order valence-electron chi connectivity index (χ0n) is 39.2. The second-order valence-corrected chi connectivity index (χ2v) is 17.1. The number of hydrogen-bond acceptors (Lipinski definition) is 16. The maximum atomic E-state index is 11.6. The van der Waals surface area contributed by atoms with Crippen molar-refractivity contribution < 1.29 is 88.7 Å². The lowest BCUT2D eigenvalue weighted by atomic mass is 10.0. The third-order valence-corrected chi connectivity index (χ3v) is 8.71. The Balaban J connectivity index is 0.000000476. The van der Waals surface area contributed by atoms with Crippen LogP contribution < -0.4 is 22.1 Å². The number of benzene rings is 4. The summed E-state index contributed by atoms with van der Waals surface area (Å²) in [6, 6.07) is 16.7. The number of ether oxygens (including phenoxy) is 2. The Morgan fingerprint density at radius 2 is 0.771 bits per heavy atom. The molecule has 0 aliphatic rings. The number of nitrogens with one attached hydrogen (secondary N) is 2. The molecule has 0 fully saturated rings. The summed E-state index contributed by atoms with van der Waals surface area (Å²) in [5.74, 6) is -4.56. The fourth-order valence-corrected chi connectivity index (χ4v) is 5.37. The number of phenols is 4. The summed E-state index contributed by atoms with van der Waals surface area (Å²) >= 11 is 0. The summed E-state index contributed by atoms with van der Waals surface area (Å²) in [6.45, 7) is 10.1. The fourth-order valence-electron chi connectivity index (χ4n) is 5.37. The lowest BCUT2D eigenvalue weighted by molar-refractivity contribution is -0.140. The minimum absolute atomic E-state index is 0.0459. The van der Waals surface area contributed by atoms with Gasteiger partial charge in [-0.1, -0.05) is 36.4 Å². The second kappa shape index (κ2) is 28.2. The molecule has 0 radical (unpaired) electrons. The van der Waals surface area contributed by atoms with E-state index in [1.807, 2.05) is 0 Å². The van der Waals surface area contributed by atoms with Crippen LogP contribution in [0.2, 0.25) is 0 Å². The van der Waals surface area contributed by atoms with Gasteiger partial charge in [0.25, 0.3) is 0 Å². The average Bonchev–Trinajstić information content (AvgIpc) is 3.25. The molecule has 4 aromatic carbocycles. The third-order valence-electron chi connectivity index (χ3n) is 8.71. The van der Waals surface area contributed by atoms with Gasteiger partial charge >= 0.3 is 36.1 Å². The molecular formula is C48H60N4O18. The molecule has 380 valence electrons. The maximum absolute atomic E-state index is 11.6. The van der Waals surface area contributed by atoms with Crippen molar-refractivity contribution in [1.29, 1.82) is 0 Å². The van der Waals surface area contributed by atoms with Crippen LogP contribution in [-0.2, 0) is 54.3 Å². The molecule has 22 heteroatoms. The van der Waals surface area contributed by atoms with Crippen molar-refractivity contribution in [3.63, 3.8) is 0 Å². The van der Waals surface area contributed by atoms with Gasteiger partial charge in [0.1, 0.15) is 58.4 Å². The van der Waals surface area contributed by atoms with E-state index < -0.39 is 71.4 Å². The molecule has 0 aliphatic carbocycles. The first kappa shape index (κ1) is 59.8. The quantitative estimate of drug-likeness (QED) is 0.0702. The topological polar surface area (TPSA) is 393 Å². The van der Waals surface area contributed by atoms with E-state index in [1.54, 1.807) is 65.8 Å². The number of amides is 2. The van der Waals surface area contributed by atoms with Gasteiger partial charge in [0.2, 0.25) is 0 Å². The number of rotatable bonds is 16. The number of nitrogens with two attached hydrogens (primary N) is 2. The van der Waals surface area contributed by atoms with Crippen molar-refractivity contribution in [3.05, 3.63) is 118 Å². The first-order valence-corrected chi connectivity index (χ1v) is 20.9. The number of carboxylic acid groups (broad SMARTS) is 4. The molecule has 4 rings (SSSR count). The SMILES string of the molecule is CC(C)(C)OC(=O)N[C@@H](Cc1ccc(O)c(C=O)c1)C(=O)O.CC(C)(C)OC(=O)N[C@@H](Cc1ccc(O)cc1)C(=O)O.N[C@@H](Cc1ccc(O)c(C=O)c1)C(=O)O.N[C@@H](Cc1ccc(O)cc1)C(=O)O. The number of phenolic OH excluding ortho intramolecular Hbond substituents is 4. The Morgan fingerprint density at radius 1 is 0.486 bits per heavy atom. The van der Waals surface area contributed by atoms with Crippen LogP contribution in [0.3, 0.4) is 0 Å². The lowest BCUT2D eigenvalue weighted by Gasteiger charge is -2.22. The number of aromatic hydroxyl groups is 4. The van der Waals surface area contributed by atoms with Crippen LogP contribution in [0.4, 0.5) is 9.59 Å². The van der Waals surface area contributed by atoms with Crippen molar-refractivity contribution in [2.45, 2.75) is 103 Å². The molecule has 0 unspecified atom stereocenters. The van der Waals surface area contributed by atoms with Gasteiger partial charge < -0.3 is 72.4 Å². The molecule has 4 aromatic rings. The Hall–Kier alpha value is -8.24. The summed E-state index contributed by atoms with van der Waals surface area (Å²) in [6.07, 6.45) is -0.185. The fraction of sp³-hybridized carbons (Fsp3) is 0.333. The first-order chi connectivity index (χ1) is 32.4. The van der Waals surface area contributed by atoms with Crippen LogP contribution in [0.25, 0.3) is 0 Å². The number of aldehydes is 2. The minimum Gasteiger partial charge on any atom is -0.508 e. The Labute approximate surface area is 402 Å². The normalized spacial score (nSPS) is 12.3.